The molecule has 0 saturated heterocycles. The van der Waals surface area contributed by atoms with Crippen LogP contribution >= 0.6 is 11.6 Å². The van der Waals surface area contributed by atoms with E-state index in [9.17, 15) is 32.5 Å². The normalized spacial score (nSPS) is 12.6. The molecule has 11 nitrogen and oxygen atoms in total. The average Bonchev–Trinajstić information content (AvgIpc) is 2.98. The first-order valence-corrected chi connectivity index (χ1v) is 15.5. The molecule has 0 spiro atoms. The van der Waals surface area contributed by atoms with E-state index in [1.54, 1.807) is 6.92 Å². The number of carbonyl (C=O) groups is 2. The lowest BCUT2D eigenvalue weighted by Gasteiger charge is -2.32. The van der Waals surface area contributed by atoms with E-state index in [0.717, 1.165) is 10.4 Å². The van der Waals surface area contributed by atoms with Gasteiger partial charge >= 0.3 is 0 Å². The number of carbonyl (C=O) groups excluding carboxylic acids is 2. The molecule has 1 N–H and O–H groups in total. The molecule has 0 heterocycles. The number of ether oxygens (including phenoxy) is 1. The molecule has 2 amide bonds. The molecule has 44 heavy (non-hydrogen) atoms. The van der Waals surface area contributed by atoms with Gasteiger partial charge in [-0.15, -0.1) is 0 Å². The van der Waals surface area contributed by atoms with Crippen molar-refractivity contribution >= 4 is 44.8 Å². The van der Waals surface area contributed by atoms with Crippen LogP contribution in [0.25, 0.3) is 0 Å². The molecule has 0 aliphatic carbocycles. The van der Waals surface area contributed by atoms with Crippen molar-refractivity contribution in [3.05, 3.63) is 92.7 Å². The summed E-state index contributed by atoms with van der Waals surface area (Å²) in [6.07, 6.45) is 0.633. The van der Waals surface area contributed by atoms with Crippen molar-refractivity contribution in [2.45, 2.75) is 57.6 Å². The molecule has 3 aromatic rings. The van der Waals surface area contributed by atoms with Gasteiger partial charge in [0.1, 0.15) is 24.2 Å². The van der Waals surface area contributed by atoms with Crippen LogP contribution in [0.15, 0.2) is 65.6 Å². The molecule has 0 saturated carbocycles. The lowest BCUT2D eigenvalue weighted by Crippen LogP contribution is -2.52. The zero-order valence-electron chi connectivity index (χ0n) is 24.9. The third kappa shape index (κ3) is 8.03. The first kappa shape index (κ1) is 34.3. The second kappa shape index (κ2) is 14.5. The van der Waals surface area contributed by atoms with Gasteiger partial charge in [-0.3, -0.25) is 24.0 Å². The molecular weight excluding hydrogens is 615 g/mol. The van der Waals surface area contributed by atoms with Gasteiger partial charge in [-0.25, -0.2) is 12.8 Å². The number of methoxy groups -OCH3 is 1. The van der Waals surface area contributed by atoms with Crippen LogP contribution in [-0.2, 0) is 26.2 Å². The minimum atomic E-state index is -4.66. The van der Waals surface area contributed by atoms with Crippen LogP contribution < -0.4 is 14.4 Å². The molecule has 2 atom stereocenters. The zero-order chi connectivity index (χ0) is 32.8. The third-order valence-electron chi connectivity index (χ3n) is 7.09. The number of anilines is 1. The number of aryl methyl sites for hydroxylation is 1. The molecule has 236 valence electrons. The van der Waals surface area contributed by atoms with Crippen LogP contribution in [0.2, 0.25) is 5.02 Å². The van der Waals surface area contributed by atoms with E-state index in [1.165, 1.54) is 80.5 Å². The number of amides is 2. The molecule has 0 fully saturated rings. The number of nitro benzene ring substituents is 1. The largest absolute Gasteiger partial charge is 0.495 e. The Morgan fingerprint density at radius 3 is 2.34 bits per heavy atom. The minimum Gasteiger partial charge on any atom is -0.495 e. The summed E-state index contributed by atoms with van der Waals surface area (Å²) in [7, 11) is -3.36. The van der Waals surface area contributed by atoms with Crippen LogP contribution in [0.3, 0.4) is 0 Å². The molecule has 3 rings (SSSR count). The standard InChI is InChI=1S/C30H34ClFN4O7S/c1-6-20(3)33-30(38)21(4)34(17-22-8-11-24(32)12-9-22)29(37)18-35(27-15-23(31)10-14-28(27)43-5)44(41,42)25-13-7-19(2)26(16-25)36(39)40/h7-16,20-21H,6,17-18H2,1-5H3,(H,33,38)/t20-,21+/m1/s1. The van der Waals surface area contributed by atoms with Crippen LogP contribution in [0, 0.1) is 22.9 Å². The van der Waals surface area contributed by atoms with Crippen molar-refractivity contribution in [2.24, 2.45) is 0 Å². The van der Waals surface area contributed by atoms with E-state index in [4.69, 9.17) is 16.3 Å². The fourth-order valence-corrected chi connectivity index (χ4v) is 5.88. The first-order chi connectivity index (χ1) is 20.7. The Balaban J connectivity index is 2.15. The Morgan fingerprint density at radius 2 is 1.75 bits per heavy atom. The van der Waals surface area contributed by atoms with Gasteiger partial charge in [0.05, 0.1) is 22.6 Å². The van der Waals surface area contributed by atoms with E-state index in [-0.39, 0.29) is 34.6 Å². The lowest BCUT2D eigenvalue weighted by atomic mass is 10.1. The maximum absolute atomic E-state index is 14.2. The fraction of sp³-hybridized carbons (Fsp3) is 0.333. The Hall–Kier alpha value is -4.23. The van der Waals surface area contributed by atoms with Crippen molar-refractivity contribution in [2.75, 3.05) is 18.0 Å². The van der Waals surface area contributed by atoms with Crippen LogP contribution in [-0.4, -0.2) is 55.8 Å². The number of halogens is 2. The smallest absolute Gasteiger partial charge is 0.273 e. The number of benzene rings is 3. The van der Waals surface area contributed by atoms with E-state index in [0.29, 0.717) is 12.0 Å². The van der Waals surface area contributed by atoms with Crippen molar-refractivity contribution in [1.82, 2.24) is 10.2 Å². The van der Waals surface area contributed by atoms with Gasteiger partial charge in [0.15, 0.2) is 0 Å². The minimum absolute atomic E-state index is 0.0556. The van der Waals surface area contributed by atoms with Gasteiger partial charge in [-0.05, 0) is 69.2 Å². The molecule has 0 bridgehead atoms. The highest BCUT2D eigenvalue weighted by Crippen LogP contribution is 2.36. The molecule has 0 aliphatic rings. The number of nitro groups is 1. The second-order valence-electron chi connectivity index (χ2n) is 10.2. The fourth-order valence-electron chi connectivity index (χ4n) is 4.28. The molecular formula is C30H34ClFN4O7S. The Bertz CT molecular complexity index is 1640. The van der Waals surface area contributed by atoms with Gasteiger partial charge in [0, 0.05) is 29.2 Å². The van der Waals surface area contributed by atoms with Crippen molar-refractivity contribution in [1.29, 1.82) is 0 Å². The summed E-state index contributed by atoms with van der Waals surface area (Å²) in [5.41, 5.74) is 0.203. The zero-order valence-corrected chi connectivity index (χ0v) is 26.5. The Morgan fingerprint density at radius 1 is 1.09 bits per heavy atom. The van der Waals surface area contributed by atoms with Gasteiger partial charge in [0.2, 0.25) is 11.8 Å². The number of sulfonamides is 1. The molecule has 14 heteroatoms. The monoisotopic (exact) mass is 648 g/mol. The molecule has 3 aromatic carbocycles. The maximum Gasteiger partial charge on any atom is 0.273 e. The van der Waals surface area contributed by atoms with Gasteiger partial charge < -0.3 is 15.0 Å². The molecule has 0 unspecified atom stereocenters. The van der Waals surface area contributed by atoms with Crippen LogP contribution in [0.1, 0.15) is 38.3 Å². The summed E-state index contributed by atoms with van der Waals surface area (Å²) >= 11 is 6.23. The molecule has 0 aliphatic heterocycles. The molecule has 0 radical (unpaired) electrons. The summed E-state index contributed by atoms with van der Waals surface area (Å²) in [4.78, 5) is 38.9. The van der Waals surface area contributed by atoms with E-state index >= 15 is 0 Å². The summed E-state index contributed by atoms with van der Waals surface area (Å²) in [6.45, 7) is 5.68. The highest BCUT2D eigenvalue weighted by Gasteiger charge is 2.35. The number of hydrogen-bond acceptors (Lipinski definition) is 7. The second-order valence-corrected chi connectivity index (χ2v) is 12.5. The predicted molar refractivity (Wildman–Crippen MR) is 165 cm³/mol. The SMILES string of the molecule is CC[C@@H](C)NC(=O)[C@H](C)N(Cc1ccc(F)cc1)C(=O)CN(c1cc(Cl)ccc1OC)S(=O)(=O)c1ccc(C)c([N+](=O)[O-])c1. The highest BCUT2D eigenvalue weighted by atomic mass is 35.5. The summed E-state index contributed by atoms with van der Waals surface area (Å²) in [5, 5.41) is 14.6. The number of nitrogens with one attached hydrogen (secondary N) is 1. The topological polar surface area (TPSA) is 139 Å². The van der Waals surface area contributed by atoms with Crippen molar-refractivity contribution in [3.8, 4) is 5.75 Å². The van der Waals surface area contributed by atoms with E-state index in [2.05, 4.69) is 5.32 Å². The quantitative estimate of drug-likeness (QED) is 0.198. The summed E-state index contributed by atoms with van der Waals surface area (Å²) < 4.78 is 48.1. The van der Waals surface area contributed by atoms with Crippen LogP contribution in [0.5, 0.6) is 5.75 Å². The number of rotatable bonds is 13. The van der Waals surface area contributed by atoms with Crippen LogP contribution in [0.4, 0.5) is 15.8 Å². The van der Waals surface area contributed by atoms with Crippen molar-refractivity contribution in [3.63, 3.8) is 0 Å². The molecule has 0 aromatic heterocycles. The average molecular weight is 649 g/mol. The van der Waals surface area contributed by atoms with Gasteiger partial charge in [0.25, 0.3) is 15.7 Å². The maximum atomic E-state index is 14.2. The highest BCUT2D eigenvalue weighted by molar-refractivity contribution is 7.92. The third-order valence-corrected chi connectivity index (χ3v) is 9.08. The summed E-state index contributed by atoms with van der Waals surface area (Å²) in [6, 6.07) is 11.6. The Labute approximate surface area is 260 Å². The summed E-state index contributed by atoms with van der Waals surface area (Å²) in [5.74, 6) is -1.70. The van der Waals surface area contributed by atoms with E-state index < -0.39 is 55.7 Å². The first-order valence-electron chi connectivity index (χ1n) is 13.6. The van der Waals surface area contributed by atoms with Crippen molar-refractivity contribution < 1.29 is 32.1 Å². The lowest BCUT2D eigenvalue weighted by molar-refractivity contribution is -0.385. The van der Waals surface area contributed by atoms with Gasteiger partial charge in [-0.1, -0.05) is 36.7 Å². The van der Waals surface area contributed by atoms with E-state index in [1.807, 2.05) is 6.92 Å². The Kier molecular flexibility index (Phi) is 11.3. The predicted octanol–water partition coefficient (Wildman–Crippen LogP) is 5.23. The van der Waals surface area contributed by atoms with Gasteiger partial charge in [-0.2, -0.15) is 0 Å². The number of hydrogen-bond donors (Lipinski definition) is 1. The number of nitrogens with zero attached hydrogens (tertiary/aromatic N) is 3.